The largest absolute Gasteiger partial charge is 0.393 e. The first kappa shape index (κ1) is 29.6. The lowest BCUT2D eigenvalue weighted by Crippen LogP contribution is -2.37. The molecule has 0 aromatic rings. The molecule has 3 rings (SSSR count). The van der Waals surface area contributed by atoms with Gasteiger partial charge in [-0.25, -0.2) is 0 Å². The monoisotopic (exact) mass is 502 g/mol. The highest BCUT2D eigenvalue weighted by atomic mass is 16.3. The van der Waals surface area contributed by atoms with Gasteiger partial charge in [-0.1, -0.05) is 56.9 Å². The Balaban J connectivity index is 1.77. The maximum absolute atomic E-state index is 10.3. The van der Waals surface area contributed by atoms with Gasteiger partial charge in [-0.05, 0) is 113 Å². The van der Waals surface area contributed by atoms with Crippen LogP contribution in [0.2, 0.25) is 0 Å². The van der Waals surface area contributed by atoms with Crippen molar-refractivity contribution < 1.29 is 20.4 Å². The molecule has 0 aromatic carbocycles. The molecule has 3 aliphatic rings. The maximum atomic E-state index is 10.3. The minimum absolute atomic E-state index is 0.291. The van der Waals surface area contributed by atoms with E-state index in [0.717, 1.165) is 56.1 Å². The summed E-state index contributed by atoms with van der Waals surface area (Å²) >= 11 is 0. The average molecular weight is 503 g/mol. The molecule has 3 fully saturated rings. The second-order valence-corrected chi connectivity index (χ2v) is 13.8. The number of rotatable bonds is 10. The molecule has 0 aliphatic heterocycles. The minimum Gasteiger partial charge on any atom is -0.393 e. The van der Waals surface area contributed by atoms with Crippen LogP contribution in [-0.4, -0.2) is 43.8 Å². The molecule has 0 amide bonds. The fraction of sp³-hybridized carbons (Fsp3) is 0.812. The Morgan fingerprint density at radius 2 is 1.61 bits per heavy atom. The first-order valence-corrected chi connectivity index (χ1v) is 14.6. The Morgan fingerprint density at radius 1 is 1.00 bits per heavy atom. The van der Waals surface area contributed by atoms with Crippen LogP contribution in [0.25, 0.3) is 0 Å². The van der Waals surface area contributed by atoms with Crippen molar-refractivity contribution in [3.8, 4) is 0 Å². The van der Waals surface area contributed by atoms with Crippen LogP contribution in [0.4, 0.5) is 0 Å². The second kappa shape index (κ2) is 11.8. The molecule has 3 saturated carbocycles. The highest BCUT2D eigenvalue weighted by Gasteiger charge is 2.51. The van der Waals surface area contributed by atoms with E-state index in [2.05, 4.69) is 25.7 Å². The lowest BCUT2D eigenvalue weighted by Gasteiger charge is -2.45. The third-order valence-electron chi connectivity index (χ3n) is 9.60. The van der Waals surface area contributed by atoms with Gasteiger partial charge in [0.05, 0.1) is 23.4 Å². The summed E-state index contributed by atoms with van der Waals surface area (Å²) in [7, 11) is 0. The van der Waals surface area contributed by atoms with E-state index < -0.39 is 23.4 Å². The minimum atomic E-state index is -0.639. The van der Waals surface area contributed by atoms with Crippen LogP contribution in [0.5, 0.6) is 0 Å². The standard InChI is InChI=1S/C32H54O4/c1-22-25(20-26(33)21-29(22)34)14-13-24-12-9-19-32(6)27(15-16-28(24)32)23(10-7-17-30(2,3)35)11-8-18-31(4,5)36/h13-14,23,26-29,33-36H,1,7-12,15-21H2,2-6H3/b24-13-,25-14+/t26-,27?,28+,29+,32-/m1/s1. The van der Waals surface area contributed by atoms with Crippen molar-refractivity contribution in [1.29, 1.82) is 0 Å². The number of hydrogen-bond donors (Lipinski definition) is 4. The molecule has 0 bridgehead atoms. The van der Waals surface area contributed by atoms with Crippen molar-refractivity contribution in [3.63, 3.8) is 0 Å². The lowest BCUT2D eigenvalue weighted by atomic mass is 9.60. The molecule has 0 aromatic heterocycles. The van der Waals surface area contributed by atoms with Gasteiger partial charge in [-0.2, -0.15) is 0 Å². The Kier molecular flexibility index (Phi) is 9.74. The first-order valence-electron chi connectivity index (χ1n) is 14.6. The second-order valence-electron chi connectivity index (χ2n) is 13.8. The van der Waals surface area contributed by atoms with Crippen molar-refractivity contribution in [2.45, 2.75) is 141 Å². The number of aliphatic hydroxyl groups is 4. The van der Waals surface area contributed by atoms with Crippen LogP contribution in [-0.2, 0) is 0 Å². The summed E-state index contributed by atoms with van der Waals surface area (Å²) in [6.07, 6.45) is 16.5. The Hall–Kier alpha value is -0.940. The quantitative estimate of drug-likeness (QED) is 0.270. The smallest absolute Gasteiger partial charge is 0.0811 e. The fourth-order valence-electron chi connectivity index (χ4n) is 7.66. The van der Waals surface area contributed by atoms with E-state index in [4.69, 9.17) is 0 Å². The maximum Gasteiger partial charge on any atom is 0.0811 e. The summed E-state index contributed by atoms with van der Waals surface area (Å²) < 4.78 is 0. The van der Waals surface area contributed by atoms with Crippen LogP contribution < -0.4 is 0 Å². The molecule has 0 spiro atoms. The highest BCUT2D eigenvalue weighted by molar-refractivity contribution is 5.38. The number of aliphatic hydroxyl groups excluding tert-OH is 2. The number of hydrogen-bond acceptors (Lipinski definition) is 4. The molecular formula is C32H54O4. The first-order chi connectivity index (χ1) is 16.7. The molecule has 1 unspecified atom stereocenters. The Morgan fingerprint density at radius 3 is 2.19 bits per heavy atom. The third kappa shape index (κ3) is 7.79. The summed E-state index contributed by atoms with van der Waals surface area (Å²) in [6, 6.07) is 0. The fourth-order valence-corrected chi connectivity index (χ4v) is 7.66. The topological polar surface area (TPSA) is 80.9 Å². The summed E-state index contributed by atoms with van der Waals surface area (Å²) in [5.41, 5.74) is 2.36. The summed E-state index contributed by atoms with van der Waals surface area (Å²) in [5, 5.41) is 40.9. The Labute approximate surface area is 220 Å². The van der Waals surface area contributed by atoms with Gasteiger partial charge in [0.1, 0.15) is 0 Å². The van der Waals surface area contributed by atoms with Crippen molar-refractivity contribution in [2.24, 2.45) is 23.2 Å². The zero-order valence-corrected chi connectivity index (χ0v) is 23.7. The van der Waals surface area contributed by atoms with E-state index in [-0.39, 0.29) is 0 Å². The molecule has 0 saturated heterocycles. The average Bonchev–Trinajstić information content (AvgIpc) is 3.10. The highest BCUT2D eigenvalue weighted by Crippen LogP contribution is 2.60. The summed E-state index contributed by atoms with van der Waals surface area (Å²) in [6.45, 7) is 14.3. The van der Waals surface area contributed by atoms with Gasteiger partial charge in [-0.15, -0.1) is 0 Å². The van der Waals surface area contributed by atoms with Gasteiger partial charge in [0.15, 0.2) is 0 Å². The third-order valence-corrected chi connectivity index (χ3v) is 9.60. The predicted octanol–water partition coefficient (Wildman–Crippen LogP) is 6.63. The van der Waals surface area contributed by atoms with Crippen LogP contribution in [0.3, 0.4) is 0 Å². The molecule has 5 atom stereocenters. The predicted molar refractivity (Wildman–Crippen MR) is 149 cm³/mol. The van der Waals surface area contributed by atoms with E-state index in [1.807, 2.05) is 27.7 Å². The van der Waals surface area contributed by atoms with E-state index in [9.17, 15) is 20.4 Å². The van der Waals surface area contributed by atoms with Crippen LogP contribution in [0, 0.1) is 23.2 Å². The molecule has 4 nitrogen and oxygen atoms in total. The van der Waals surface area contributed by atoms with Crippen molar-refractivity contribution in [3.05, 3.63) is 35.5 Å². The lowest BCUT2D eigenvalue weighted by molar-refractivity contribution is 0.0480. The van der Waals surface area contributed by atoms with E-state index in [1.165, 1.54) is 31.3 Å². The van der Waals surface area contributed by atoms with Crippen LogP contribution in [0.15, 0.2) is 35.5 Å². The molecule has 36 heavy (non-hydrogen) atoms. The summed E-state index contributed by atoms with van der Waals surface area (Å²) in [5.74, 6) is 1.90. The van der Waals surface area contributed by atoms with Gasteiger partial charge >= 0.3 is 0 Å². The van der Waals surface area contributed by atoms with Gasteiger partial charge in [0, 0.05) is 6.42 Å². The van der Waals surface area contributed by atoms with Crippen molar-refractivity contribution in [2.75, 3.05) is 0 Å². The molecule has 206 valence electrons. The van der Waals surface area contributed by atoms with Crippen LogP contribution >= 0.6 is 0 Å². The van der Waals surface area contributed by atoms with E-state index in [1.54, 1.807) is 0 Å². The molecule has 4 heteroatoms. The number of allylic oxidation sites excluding steroid dienone is 3. The molecule has 0 radical (unpaired) electrons. The number of fused-ring (bicyclic) bond motifs is 1. The van der Waals surface area contributed by atoms with Gasteiger partial charge < -0.3 is 20.4 Å². The van der Waals surface area contributed by atoms with E-state index in [0.29, 0.717) is 36.0 Å². The van der Waals surface area contributed by atoms with Gasteiger partial charge in [-0.3, -0.25) is 0 Å². The zero-order valence-electron chi connectivity index (χ0n) is 23.7. The van der Waals surface area contributed by atoms with Crippen molar-refractivity contribution >= 4 is 0 Å². The molecular weight excluding hydrogens is 448 g/mol. The van der Waals surface area contributed by atoms with Gasteiger partial charge in [0.2, 0.25) is 0 Å². The Bertz CT molecular complexity index is 791. The van der Waals surface area contributed by atoms with Gasteiger partial charge in [0.25, 0.3) is 0 Å². The molecule has 4 N–H and O–H groups in total. The van der Waals surface area contributed by atoms with Crippen molar-refractivity contribution in [1.82, 2.24) is 0 Å². The SMILES string of the molecule is C=C1/C(=C/C=C2/CCC[C@]3(C)C(C(CCCC(C)(C)O)CCCC(C)(C)O)CC[C@@H]23)C[C@@H](O)C[C@@H]1O. The van der Waals surface area contributed by atoms with Crippen LogP contribution in [0.1, 0.15) is 118 Å². The van der Waals surface area contributed by atoms with E-state index >= 15 is 0 Å². The zero-order chi connectivity index (χ0) is 26.7. The molecule has 0 heterocycles. The summed E-state index contributed by atoms with van der Waals surface area (Å²) in [4.78, 5) is 0. The normalized spacial score (nSPS) is 34.1. The molecule has 3 aliphatic carbocycles.